The summed E-state index contributed by atoms with van der Waals surface area (Å²) < 4.78 is 0. The Kier molecular flexibility index (Phi) is 52.3. The topological polar surface area (TPSA) is 69.6 Å². The van der Waals surface area contributed by atoms with Crippen LogP contribution >= 0.6 is 0 Å². The van der Waals surface area contributed by atoms with E-state index in [1.807, 2.05) is 6.08 Å². The molecule has 0 aromatic rings. The molecule has 0 radical (unpaired) electrons. The normalized spacial score (nSPS) is 13.2. The Bertz CT molecular complexity index is 985. The van der Waals surface area contributed by atoms with Crippen molar-refractivity contribution < 1.29 is 15.0 Å². The van der Waals surface area contributed by atoms with Crippen molar-refractivity contribution in [2.45, 2.75) is 309 Å². The first kappa shape index (κ1) is 60.4. The lowest BCUT2D eigenvalue weighted by Crippen LogP contribution is -2.45. The quantitative estimate of drug-likeness (QED) is 0.0421. The Hall–Kier alpha value is -1.65. The second kappa shape index (κ2) is 53.7. The highest BCUT2D eigenvalue weighted by Gasteiger charge is 2.18. The molecule has 0 aromatic carbocycles. The van der Waals surface area contributed by atoms with E-state index < -0.39 is 12.1 Å². The summed E-state index contributed by atoms with van der Waals surface area (Å²) in [6.45, 7) is 4.32. The summed E-state index contributed by atoms with van der Waals surface area (Å²) in [4.78, 5) is 12.5. The molecule has 0 fully saturated rings. The molecule has 0 aliphatic heterocycles. The Morgan fingerprint density at radius 3 is 0.935 bits per heavy atom. The van der Waals surface area contributed by atoms with Crippen molar-refractivity contribution in [2.75, 3.05) is 6.61 Å². The van der Waals surface area contributed by atoms with Gasteiger partial charge in [0.25, 0.3) is 0 Å². The number of aliphatic hydroxyl groups excluding tert-OH is 2. The first-order chi connectivity index (χ1) is 30.7. The minimum Gasteiger partial charge on any atom is -0.394 e. The maximum atomic E-state index is 12.5. The summed E-state index contributed by atoms with van der Waals surface area (Å²) in [5, 5.41) is 23.1. The molecule has 0 aromatic heterocycles. The summed E-state index contributed by atoms with van der Waals surface area (Å²) in [5.41, 5.74) is 0. The monoisotopic (exact) mass is 868 g/mol. The molecule has 4 heteroatoms. The predicted octanol–water partition coefficient (Wildman–Crippen LogP) is 18.3. The van der Waals surface area contributed by atoms with Crippen LogP contribution < -0.4 is 5.32 Å². The minimum absolute atomic E-state index is 0.0766. The molecule has 0 aliphatic carbocycles. The van der Waals surface area contributed by atoms with Crippen LogP contribution in [-0.4, -0.2) is 34.9 Å². The van der Waals surface area contributed by atoms with Crippen molar-refractivity contribution in [3.05, 3.63) is 48.6 Å². The van der Waals surface area contributed by atoms with Crippen LogP contribution in [0.2, 0.25) is 0 Å². The zero-order valence-corrected chi connectivity index (χ0v) is 41.9. The van der Waals surface area contributed by atoms with Gasteiger partial charge < -0.3 is 15.5 Å². The fraction of sp³-hybridized carbons (Fsp3) is 0.845. The molecular weight excluding hydrogens is 759 g/mol. The molecule has 4 nitrogen and oxygen atoms in total. The van der Waals surface area contributed by atoms with Gasteiger partial charge in [0.2, 0.25) is 5.91 Å². The molecule has 0 rings (SSSR count). The lowest BCUT2D eigenvalue weighted by Gasteiger charge is -2.19. The second-order valence-corrected chi connectivity index (χ2v) is 19.0. The van der Waals surface area contributed by atoms with Crippen molar-refractivity contribution in [3.8, 4) is 0 Å². The SMILES string of the molecule is CCCCCCCCCCCCCC/C=C\CCCCCCCCCCCCC(=O)NC(CO)C(O)/C=C/CC/C=C/CC/C=C/CCCCCCCCCCCCCCCC. The molecule has 2 unspecified atom stereocenters. The number of amides is 1. The zero-order chi connectivity index (χ0) is 44.9. The van der Waals surface area contributed by atoms with E-state index in [0.717, 1.165) is 38.5 Å². The third-order valence-electron chi connectivity index (χ3n) is 12.8. The number of rotatable bonds is 51. The highest BCUT2D eigenvalue weighted by Crippen LogP contribution is 2.16. The van der Waals surface area contributed by atoms with Crippen LogP contribution in [0.25, 0.3) is 0 Å². The van der Waals surface area contributed by atoms with Crippen LogP contribution in [0, 0.1) is 0 Å². The van der Waals surface area contributed by atoms with E-state index in [2.05, 4.69) is 55.6 Å². The summed E-state index contributed by atoms with van der Waals surface area (Å²) in [6.07, 6.45) is 74.1. The van der Waals surface area contributed by atoms with E-state index in [0.29, 0.717) is 6.42 Å². The molecule has 0 heterocycles. The fourth-order valence-electron chi connectivity index (χ4n) is 8.50. The molecule has 0 saturated heterocycles. The number of hydrogen-bond donors (Lipinski definition) is 3. The highest BCUT2D eigenvalue weighted by molar-refractivity contribution is 5.76. The number of carbonyl (C=O) groups is 1. The van der Waals surface area contributed by atoms with E-state index in [-0.39, 0.29) is 12.5 Å². The van der Waals surface area contributed by atoms with E-state index in [9.17, 15) is 15.0 Å². The third-order valence-corrected chi connectivity index (χ3v) is 12.8. The molecule has 2 atom stereocenters. The standard InChI is InChI=1S/C58H109NO3/c1-3-5-7-9-11-13-15-17-19-21-23-25-27-29-30-32-34-36-38-40-42-44-46-48-50-52-54-58(62)59-56(55-60)57(61)53-51-49-47-45-43-41-39-37-35-33-31-28-26-24-22-20-18-16-14-12-10-8-6-4-2/h29-30,35,37,43,45,51,53,56-57,60-61H,3-28,31-34,36,38-42,44,46-50,52,54-55H2,1-2H3,(H,59,62)/b30-29-,37-35+,45-43+,53-51+. The first-order valence-corrected chi connectivity index (χ1v) is 27.9. The van der Waals surface area contributed by atoms with Crippen LogP contribution in [0.3, 0.4) is 0 Å². The molecular formula is C58H109NO3. The van der Waals surface area contributed by atoms with E-state index in [1.54, 1.807) is 6.08 Å². The van der Waals surface area contributed by atoms with Gasteiger partial charge >= 0.3 is 0 Å². The molecule has 0 spiro atoms. The highest BCUT2D eigenvalue weighted by atomic mass is 16.3. The smallest absolute Gasteiger partial charge is 0.220 e. The van der Waals surface area contributed by atoms with Crippen molar-refractivity contribution in [3.63, 3.8) is 0 Å². The van der Waals surface area contributed by atoms with Crippen molar-refractivity contribution in [1.29, 1.82) is 0 Å². The van der Waals surface area contributed by atoms with Crippen LogP contribution in [0.5, 0.6) is 0 Å². The van der Waals surface area contributed by atoms with Gasteiger partial charge in [0, 0.05) is 6.42 Å². The number of aliphatic hydroxyl groups is 2. The minimum atomic E-state index is -0.872. The summed E-state index contributed by atoms with van der Waals surface area (Å²) >= 11 is 0. The average molecular weight is 869 g/mol. The maximum absolute atomic E-state index is 12.5. The molecule has 3 N–H and O–H groups in total. The van der Waals surface area contributed by atoms with Gasteiger partial charge in [-0.2, -0.15) is 0 Å². The van der Waals surface area contributed by atoms with Gasteiger partial charge in [0.05, 0.1) is 18.8 Å². The number of hydrogen-bond acceptors (Lipinski definition) is 3. The number of nitrogens with one attached hydrogen (secondary N) is 1. The lowest BCUT2D eigenvalue weighted by molar-refractivity contribution is -0.123. The second-order valence-electron chi connectivity index (χ2n) is 19.0. The third kappa shape index (κ3) is 49.4. The Labute approximate surface area is 388 Å². The van der Waals surface area contributed by atoms with Crippen LogP contribution in [-0.2, 0) is 4.79 Å². The summed E-state index contributed by atoms with van der Waals surface area (Å²) in [6, 6.07) is -0.647. The number of allylic oxidation sites excluding steroid dienone is 7. The van der Waals surface area contributed by atoms with Gasteiger partial charge in [-0.25, -0.2) is 0 Å². The zero-order valence-electron chi connectivity index (χ0n) is 41.9. The van der Waals surface area contributed by atoms with Gasteiger partial charge in [-0.1, -0.05) is 268 Å². The first-order valence-electron chi connectivity index (χ1n) is 27.9. The summed E-state index contributed by atoms with van der Waals surface area (Å²) in [5.74, 6) is -0.0766. The van der Waals surface area contributed by atoms with E-state index >= 15 is 0 Å². The lowest BCUT2D eigenvalue weighted by atomic mass is 10.0. The van der Waals surface area contributed by atoms with Crippen molar-refractivity contribution >= 4 is 5.91 Å². The van der Waals surface area contributed by atoms with Crippen LogP contribution in [0.1, 0.15) is 296 Å². The van der Waals surface area contributed by atoms with Gasteiger partial charge in [-0.15, -0.1) is 0 Å². The Morgan fingerprint density at radius 1 is 0.371 bits per heavy atom. The predicted molar refractivity (Wildman–Crippen MR) is 276 cm³/mol. The molecule has 0 bridgehead atoms. The van der Waals surface area contributed by atoms with Crippen LogP contribution in [0.4, 0.5) is 0 Å². The Balaban J connectivity index is 3.56. The number of carbonyl (C=O) groups excluding carboxylic acids is 1. The largest absolute Gasteiger partial charge is 0.394 e. The fourth-order valence-corrected chi connectivity index (χ4v) is 8.50. The van der Waals surface area contributed by atoms with Gasteiger partial charge in [-0.3, -0.25) is 4.79 Å². The summed E-state index contributed by atoms with van der Waals surface area (Å²) in [7, 11) is 0. The van der Waals surface area contributed by atoms with Crippen LogP contribution in [0.15, 0.2) is 48.6 Å². The average Bonchev–Trinajstić information content (AvgIpc) is 3.28. The van der Waals surface area contributed by atoms with Gasteiger partial charge in [0.1, 0.15) is 0 Å². The molecule has 0 aliphatic rings. The Morgan fingerprint density at radius 2 is 0.629 bits per heavy atom. The molecule has 1 amide bonds. The molecule has 364 valence electrons. The van der Waals surface area contributed by atoms with Crippen molar-refractivity contribution in [2.24, 2.45) is 0 Å². The van der Waals surface area contributed by atoms with Crippen molar-refractivity contribution in [1.82, 2.24) is 5.32 Å². The number of unbranched alkanes of at least 4 members (excludes halogenated alkanes) is 38. The van der Waals surface area contributed by atoms with E-state index in [4.69, 9.17) is 0 Å². The molecule has 0 saturated carbocycles. The van der Waals surface area contributed by atoms with Gasteiger partial charge in [-0.05, 0) is 70.6 Å². The van der Waals surface area contributed by atoms with Gasteiger partial charge in [0.15, 0.2) is 0 Å². The van der Waals surface area contributed by atoms with E-state index in [1.165, 1.54) is 238 Å². The molecule has 62 heavy (non-hydrogen) atoms. The maximum Gasteiger partial charge on any atom is 0.220 e.